The molecule has 10 heteroatoms. The molecule has 2 aliphatic rings. The zero-order valence-electron chi connectivity index (χ0n) is 26.1. The zero-order valence-corrected chi connectivity index (χ0v) is 26.1. The molecule has 0 unspecified atom stereocenters. The molecule has 0 radical (unpaired) electrons. The van der Waals surface area contributed by atoms with Crippen molar-refractivity contribution in [2.75, 3.05) is 13.2 Å². The number of ether oxygens (including phenoxy) is 4. The van der Waals surface area contributed by atoms with Crippen molar-refractivity contribution in [3.63, 3.8) is 0 Å². The predicted octanol–water partition coefficient (Wildman–Crippen LogP) is 6.05. The van der Waals surface area contributed by atoms with E-state index in [4.69, 9.17) is 18.9 Å². The molecule has 0 aromatic carbocycles. The van der Waals surface area contributed by atoms with Crippen LogP contribution in [0.2, 0.25) is 0 Å². The van der Waals surface area contributed by atoms with Crippen LogP contribution in [0.5, 0.6) is 0 Å². The highest BCUT2D eigenvalue weighted by Crippen LogP contribution is 2.28. The minimum absolute atomic E-state index is 0.115. The smallest absolute Gasteiger partial charge is 0.407 e. The Bertz CT molecular complexity index is 721. The van der Waals surface area contributed by atoms with Crippen molar-refractivity contribution in [2.45, 2.75) is 143 Å². The summed E-state index contributed by atoms with van der Waals surface area (Å²) >= 11 is 0. The molecule has 0 atom stereocenters. The molecular weight excluding hydrogens is 516 g/mol. The fourth-order valence-corrected chi connectivity index (χ4v) is 4.88. The average Bonchev–Trinajstić information content (AvgIpc) is 2.80. The van der Waals surface area contributed by atoms with Crippen molar-refractivity contribution < 1.29 is 38.1 Å². The molecule has 0 saturated heterocycles. The monoisotopic (exact) mass is 570 g/mol. The second-order valence-corrected chi connectivity index (χ2v) is 12.7. The maximum atomic E-state index is 11.7. The summed E-state index contributed by atoms with van der Waals surface area (Å²) in [5, 5.41) is 5.79. The quantitative estimate of drug-likeness (QED) is 0.267. The molecule has 10 nitrogen and oxygen atoms in total. The summed E-state index contributed by atoms with van der Waals surface area (Å²) in [6.07, 6.45) is 7.62. The predicted molar refractivity (Wildman–Crippen MR) is 153 cm³/mol. The van der Waals surface area contributed by atoms with Crippen LogP contribution in [-0.4, -0.2) is 60.6 Å². The van der Waals surface area contributed by atoms with Crippen molar-refractivity contribution in [1.82, 2.24) is 10.6 Å². The molecule has 2 fully saturated rings. The van der Waals surface area contributed by atoms with Crippen LogP contribution in [0.3, 0.4) is 0 Å². The summed E-state index contributed by atoms with van der Waals surface area (Å²) in [6, 6.07) is 0.312. The van der Waals surface area contributed by atoms with Gasteiger partial charge in [-0.05, 0) is 119 Å². The van der Waals surface area contributed by atoms with E-state index >= 15 is 0 Å². The minimum atomic E-state index is -0.467. The van der Waals surface area contributed by atoms with Gasteiger partial charge in [0.2, 0.25) is 0 Å². The molecule has 2 N–H and O–H groups in total. The van der Waals surface area contributed by atoms with Crippen LogP contribution >= 0.6 is 0 Å². The van der Waals surface area contributed by atoms with E-state index in [-0.39, 0.29) is 36.2 Å². The molecule has 2 amide bonds. The summed E-state index contributed by atoms with van der Waals surface area (Å²) < 4.78 is 20.4. The number of nitrogens with one attached hydrogen (secondary N) is 2. The molecular formula is C30H54N2O8. The third-order valence-electron chi connectivity index (χ3n) is 6.66. The van der Waals surface area contributed by atoms with Gasteiger partial charge in [-0.1, -0.05) is 0 Å². The van der Waals surface area contributed by atoms with E-state index < -0.39 is 11.2 Å². The highest BCUT2D eigenvalue weighted by atomic mass is 16.6. The Labute approximate surface area is 241 Å². The highest BCUT2D eigenvalue weighted by Gasteiger charge is 2.27. The van der Waals surface area contributed by atoms with Crippen LogP contribution in [0.4, 0.5) is 9.59 Å². The topological polar surface area (TPSA) is 129 Å². The molecule has 0 aromatic rings. The van der Waals surface area contributed by atoms with Gasteiger partial charge in [-0.2, -0.15) is 0 Å². The Morgan fingerprint density at radius 2 is 0.875 bits per heavy atom. The molecule has 0 heterocycles. The number of alkyl carbamates (subject to hydrolysis) is 2. The Balaban J connectivity index is 0.000000400. The average molecular weight is 571 g/mol. The Morgan fingerprint density at radius 3 is 1.12 bits per heavy atom. The van der Waals surface area contributed by atoms with Gasteiger partial charge in [-0.3, -0.25) is 9.59 Å². The maximum absolute atomic E-state index is 11.7. The summed E-state index contributed by atoms with van der Waals surface area (Å²) in [5.74, 6) is 0.531. The van der Waals surface area contributed by atoms with E-state index in [1.807, 2.05) is 55.4 Å². The van der Waals surface area contributed by atoms with Gasteiger partial charge in [0.05, 0.1) is 13.2 Å². The van der Waals surface area contributed by atoms with Crippen molar-refractivity contribution in [2.24, 2.45) is 11.8 Å². The number of rotatable bonds is 8. The minimum Gasteiger partial charge on any atom is -0.466 e. The number of amides is 2. The lowest BCUT2D eigenvalue weighted by Crippen LogP contribution is -2.41. The third kappa shape index (κ3) is 17.2. The van der Waals surface area contributed by atoms with Crippen LogP contribution in [0, 0.1) is 11.8 Å². The van der Waals surface area contributed by atoms with Gasteiger partial charge in [0.1, 0.15) is 11.2 Å². The van der Waals surface area contributed by atoms with Gasteiger partial charge < -0.3 is 29.6 Å². The van der Waals surface area contributed by atoms with Crippen molar-refractivity contribution in [3.8, 4) is 0 Å². The van der Waals surface area contributed by atoms with Gasteiger partial charge in [0, 0.05) is 24.9 Å². The molecule has 0 spiro atoms. The van der Waals surface area contributed by atoms with E-state index in [0.29, 0.717) is 37.9 Å². The number of hydrogen-bond donors (Lipinski definition) is 2. The number of esters is 2. The molecule has 40 heavy (non-hydrogen) atoms. The van der Waals surface area contributed by atoms with Crippen LogP contribution in [0.15, 0.2) is 0 Å². The van der Waals surface area contributed by atoms with Crippen molar-refractivity contribution in [1.29, 1.82) is 0 Å². The molecule has 2 aliphatic carbocycles. The fraction of sp³-hybridized carbons (Fsp3) is 0.867. The molecule has 232 valence electrons. The second-order valence-electron chi connectivity index (χ2n) is 12.7. The lowest BCUT2D eigenvalue weighted by Gasteiger charge is -2.29. The van der Waals surface area contributed by atoms with Crippen molar-refractivity contribution >= 4 is 24.1 Å². The summed E-state index contributed by atoms with van der Waals surface area (Å²) in [5.41, 5.74) is -0.934. The second kappa shape index (κ2) is 17.3. The Morgan fingerprint density at radius 1 is 0.575 bits per heavy atom. The standard InChI is InChI=1S/2C15H27NO4/c2*1-5-19-13(17)10-11-6-8-12(9-7-11)16-14(18)20-15(2,3)4/h2*11-12H,5-10H2,1-4H3,(H,16,18). The fourth-order valence-electron chi connectivity index (χ4n) is 4.88. The largest absolute Gasteiger partial charge is 0.466 e. The molecule has 2 saturated carbocycles. The van der Waals surface area contributed by atoms with E-state index in [1.54, 1.807) is 0 Å². The number of carbonyl (C=O) groups excluding carboxylic acids is 4. The summed E-state index contributed by atoms with van der Waals surface area (Å²) in [6.45, 7) is 15.6. The first-order valence-electron chi connectivity index (χ1n) is 14.9. The summed E-state index contributed by atoms with van der Waals surface area (Å²) in [7, 11) is 0. The Hall–Kier alpha value is -2.52. The van der Waals surface area contributed by atoms with Crippen LogP contribution in [-0.2, 0) is 28.5 Å². The van der Waals surface area contributed by atoms with E-state index in [0.717, 1.165) is 51.4 Å². The van der Waals surface area contributed by atoms with E-state index in [2.05, 4.69) is 10.6 Å². The number of carbonyl (C=O) groups is 4. The zero-order chi connectivity index (χ0) is 30.3. The molecule has 0 bridgehead atoms. The molecule has 0 aromatic heterocycles. The Kier molecular flexibility index (Phi) is 15.4. The van der Waals surface area contributed by atoms with Gasteiger partial charge in [-0.15, -0.1) is 0 Å². The van der Waals surface area contributed by atoms with Crippen LogP contribution < -0.4 is 10.6 Å². The first-order valence-corrected chi connectivity index (χ1v) is 14.9. The van der Waals surface area contributed by atoms with E-state index in [1.165, 1.54) is 0 Å². The van der Waals surface area contributed by atoms with Gasteiger partial charge >= 0.3 is 24.1 Å². The normalized spacial score (nSPS) is 23.0. The van der Waals surface area contributed by atoms with Crippen LogP contribution in [0.25, 0.3) is 0 Å². The summed E-state index contributed by atoms with van der Waals surface area (Å²) in [4.78, 5) is 46.2. The molecule has 2 rings (SSSR count). The number of hydrogen-bond acceptors (Lipinski definition) is 8. The highest BCUT2D eigenvalue weighted by molar-refractivity contribution is 5.70. The van der Waals surface area contributed by atoms with E-state index in [9.17, 15) is 19.2 Å². The lowest BCUT2D eigenvalue weighted by atomic mass is 9.84. The van der Waals surface area contributed by atoms with Gasteiger partial charge in [-0.25, -0.2) is 9.59 Å². The SMILES string of the molecule is CCOC(=O)CC1CCC(NC(=O)OC(C)(C)C)CC1.CCOC(=O)CC1CCC(NC(=O)OC(C)(C)C)CC1. The maximum Gasteiger partial charge on any atom is 0.407 e. The first-order chi connectivity index (χ1) is 18.6. The first kappa shape index (κ1) is 35.5. The van der Waals surface area contributed by atoms with Gasteiger partial charge in [0.25, 0.3) is 0 Å². The van der Waals surface area contributed by atoms with Gasteiger partial charge in [0.15, 0.2) is 0 Å². The third-order valence-corrected chi connectivity index (χ3v) is 6.66. The lowest BCUT2D eigenvalue weighted by molar-refractivity contribution is -0.145. The van der Waals surface area contributed by atoms with Crippen molar-refractivity contribution in [3.05, 3.63) is 0 Å². The van der Waals surface area contributed by atoms with Crippen LogP contribution in [0.1, 0.15) is 120 Å². The molecule has 0 aliphatic heterocycles.